The van der Waals surface area contributed by atoms with E-state index in [1.165, 1.54) is 6.07 Å². The van der Waals surface area contributed by atoms with Gasteiger partial charge in [0.1, 0.15) is 11.9 Å². The highest BCUT2D eigenvalue weighted by molar-refractivity contribution is 5.82. The molecule has 23 heavy (non-hydrogen) atoms. The van der Waals surface area contributed by atoms with E-state index in [2.05, 4.69) is 16.6 Å². The van der Waals surface area contributed by atoms with Crippen molar-refractivity contribution < 1.29 is 19.0 Å². The molecule has 3 N–H and O–H groups in total. The fourth-order valence-electron chi connectivity index (χ4n) is 2.48. The van der Waals surface area contributed by atoms with E-state index in [1.807, 2.05) is 0 Å². The third-order valence-corrected chi connectivity index (χ3v) is 3.85. The number of amides is 1. The van der Waals surface area contributed by atoms with E-state index >= 15 is 0 Å². The first-order chi connectivity index (χ1) is 10.9. The molecule has 124 valence electrons. The predicted molar refractivity (Wildman–Crippen MR) is 84.1 cm³/mol. The number of rotatable bonds is 4. The largest absolute Gasteiger partial charge is 0.395 e. The van der Waals surface area contributed by atoms with Gasteiger partial charge in [-0.3, -0.25) is 4.79 Å². The summed E-state index contributed by atoms with van der Waals surface area (Å²) >= 11 is 0. The molecule has 0 saturated carbocycles. The predicted octanol–water partition coefficient (Wildman–Crippen LogP) is 0.508. The van der Waals surface area contributed by atoms with Gasteiger partial charge < -0.3 is 20.5 Å². The molecule has 1 aliphatic rings. The van der Waals surface area contributed by atoms with E-state index in [1.54, 1.807) is 26.0 Å². The van der Waals surface area contributed by atoms with Crippen LogP contribution in [0.4, 0.5) is 4.39 Å². The molecule has 2 rings (SSSR count). The first-order valence-electron chi connectivity index (χ1n) is 7.42. The summed E-state index contributed by atoms with van der Waals surface area (Å²) in [6, 6.07) is 4.32. The molecule has 1 amide bonds. The van der Waals surface area contributed by atoms with Crippen LogP contribution >= 0.6 is 0 Å². The average molecular weight is 320 g/mol. The van der Waals surface area contributed by atoms with Crippen LogP contribution in [0.25, 0.3) is 0 Å². The van der Waals surface area contributed by atoms with Crippen molar-refractivity contribution in [3.05, 3.63) is 35.1 Å². The number of hydrogen-bond donors (Lipinski definition) is 3. The Hall–Kier alpha value is -1.94. The minimum Gasteiger partial charge on any atom is -0.395 e. The Bertz CT molecular complexity index is 617. The van der Waals surface area contributed by atoms with Crippen molar-refractivity contribution in [1.82, 2.24) is 10.6 Å². The summed E-state index contributed by atoms with van der Waals surface area (Å²) in [4.78, 5) is 12.3. The Labute approximate surface area is 135 Å². The fourth-order valence-corrected chi connectivity index (χ4v) is 2.48. The third-order valence-electron chi connectivity index (χ3n) is 3.85. The van der Waals surface area contributed by atoms with Crippen LogP contribution in [-0.2, 0) is 15.1 Å². The SMILES string of the molecule is C#Cc1ccc(C(C)(C)NC(=O)C2CN[C@H](CO)CO2)c(F)c1. The standard InChI is InChI=1S/C17H21FN2O3/c1-4-11-5-6-13(14(18)7-11)17(2,3)20-16(22)15-8-19-12(9-21)10-23-15/h1,5-7,12,15,19,21H,8-10H2,2-3H3,(H,20,22)/t12-,15?/m1/s1. The van der Waals surface area contributed by atoms with Crippen molar-refractivity contribution in [3.8, 4) is 12.3 Å². The van der Waals surface area contributed by atoms with Gasteiger partial charge in [0.05, 0.1) is 24.8 Å². The zero-order valence-electron chi connectivity index (χ0n) is 13.2. The van der Waals surface area contributed by atoms with Crippen molar-refractivity contribution >= 4 is 5.91 Å². The number of nitrogens with one attached hydrogen (secondary N) is 2. The van der Waals surface area contributed by atoms with Crippen LogP contribution in [0.3, 0.4) is 0 Å². The Morgan fingerprint density at radius 2 is 2.35 bits per heavy atom. The molecule has 1 aliphatic heterocycles. The van der Waals surface area contributed by atoms with Crippen molar-refractivity contribution in [3.63, 3.8) is 0 Å². The van der Waals surface area contributed by atoms with E-state index < -0.39 is 17.5 Å². The van der Waals surface area contributed by atoms with Gasteiger partial charge in [0.15, 0.2) is 0 Å². The first-order valence-corrected chi connectivity index (χ1v) is 7.42. The number of carbonyl (C=O) groups is 1. The number of aliphatic hydroxyl groups is 1. The molecule has 1 aromatic rings. The molecule has 5 nitrogen and oxygen atoms in total. The molecule has 0 spiro atoms. The quantitative estimate of drug-likeness (QED) is 0.707. The molecular formula is C17H21FN2O3. The fraction of sp³-hybridized carbons (Fsp3) is 0.471. The molecule has 1 aromatic carbocycles. The number of benzene rings is 1. The molecule has 6 heteroatoms. The van der Waals surface area contributed by atoms with Crippen LogP contribution < -0.4 is 10.6 Å². The van der Waals surface area contributed by atoms with Crippen molar-refractivity contribution in [2.75, 3.05) is 19.8 Å². The normalized spacial score (nSPS) is 21.5. The molecule has 1 saturated heterocycles. The smallest absolute Gasteiger partial charge is 0.251 e. The summed E-state index contributed by atoms with van der Waals surface area (Å²) in [5.41, 5.74) is -0.115. The molecule has 1 fully saturated rings. The van der Waals surface area contributed by atoms with Gasteiger partial charge in [-0.2, -0.15) is 0 Å². The summed E-state index contributed by atoms with van der Waals surface area (Å²) in [7, 11) is 0. The number of ether oxygens (including phenoxy) is 1. The second-order valence-electron chi connectivity index (χ2n) is 6.06. The minimum atomic E-state index is -0.911. The Morgan fingerprint density at radius 3 is 2.87 bits per heavy atom. The maximum atomic E-state index is 14.2. The van der Waals surface area contributed by atoms with E-state index in [-0.39, 0.29) is 25.2 Å². The lowest BCUT2D eigenvalue weighted by atomic mass is 9.92. The highest BCUT2D eigenvalue weighted by atomic mass is 19.1. The van der Waals surface area contributed by atoms with E-state index in [9.17, 15) is 9.18 Å². The van der Waals surface area contributed by atoms with E-state index in [0.717, 1.165) is 0 Å². The molecule has 1 unspecified atom stereocenters. The zero-order chi connectivity index (χ0) is 17.0. The van der Waals surface area contributed by atoms with Gasteiger partial charge in [-0.1, -0.05) is 12.0 Å². The molecule has 0 bridgehead atoms. The van der Waals surface area contributed by atoms with Crippen LogP contribution in [0.15, 0.2) is 18.2 Å². The molecule has 2 atom stereocenters. The van der Waals surface area contributed by atoms with Crippen LogP contribution in [0.1, 0.15) is 25.0 Å². The number of carbonyl (C=O) groups excluding carboxylic acids is 1. The van der Waals surface area contributed by atoms with Gasteiger partial charge in [0.25, 0.3) is 5.91 Å². The molecule has 0 aromatic heterocycles. The van der Waals surface area contributed by atoms with Gasteiger partial charge in [0.2, 0.25) is 0 Å². The number of hydrogen-bond acceptors (Lipinski definition) is 4. The lowest BCUT2D eigenvalue weighted by molar-refractivity contribution is -0.137. The second kappa shape index (κ2) is 7.09. The molecular weight excluding hydrogens is 299 g/mol. The van der Waals surface area contributed by atoms with Crippen molar-refractivity contribution in [2.24, 2.45) is 0 Å². The molecule has 1 heterocycles. The topological polar surface area (TPSA) is 70.6 Å². The monoisotopic (exact) mass is 320 g/mol. The number of terminal acetylenes is 1. The van der Waals surface area contributed by atoms with E-state index in [4.69, 9.17) is 16.3 Å². The summed E-state index contributed by atoms with van der Waals surface area (Å²) in [6.07, 6.45) is 4.58. The lowest BCUT2D eigenvalue weighted by Gasteiger charge is -2.33. The van der Waals surface area contributed by atoms with Crippen molar-refractivity contribution in [1.29, 1.82) is 0 Å². The maximum Gasteiger partial charge on any atom is 0.251 e. The Balaban J connectivity index is 2.06. The Kier molecular flexibility index (Phi) is 5.37. The minimum absolute atomic E-state index is 0.0490. The summed E-state index contributed by atoms with van der Waals surface area (Å²) in [6.45, 7) is 3.93. The summed E-state index contributed by atoms with van der Waals surface area (Å²) in [5, 5.41) is 14.8. The van der Waals surface area contributed by atoms with Crippen molar-refractivity contribution in [2.45, 2.75) is 31.5 Å². The Morgan fingerprint density at radius 1 is 1.61 bits per heavy atom. The van der Waals surface area contributed by atoms with Gasteiger partial charge in [-0.15, -0.1) is 6.42 Å². The van der Waals surface area contributed by atoms with Crippen LogP contribution in [-0.4, -0.2) is 42.9 Å². The molecule has 0 radical (unpaired) electrons. The van der Waals surface area contributed by atoms with Crippen LogP contribution in [0.2, 0.25) is 0 Å². The van der Waals surface area contributed by atoms with Crippen LogP contribution in [0.5, 0.6) is 0 Å². The van der Waals surface area contributed by atoms with Gasteiger partial charge >= 0.3 is 0 Å². The third kappa shape index (κ3) is 4.08. The second-order valence-corrected chi connectivity index (χ2v) is 6.06. The highest BCUT2D eigenvalue weighted by Crippen LogP contribution is 2.24. The number of morpholine rings is 1. The maximum absolute atomic E-state index is 14.2. The molecule has 0 aliphatic carbocycles. The average Bonchev–Trinajstić information content (AvgIpc) is 2.54. The van der Waals surface area contributed by atoms with Crippen LogP contribution in [0, 0.1) is 18.2 Å². The first kappa shape index (κ1) is 17.4. The summed E-state index contributed by atoms with van der Waals surface area (Å²) in [5.74, 6) is 1.57. The van der Waals surface area contributed by atoms with Gasteiger partial charge in [-0.25, -0.2) is 4.39 Å². The number of halogens is 1. The van der Waals surface area contributed by atoms with Gasteiger partial charge in [0, 0.05) is 17.7 Å². The zero-order valence-corrected chi connectivity index (χ0v) is 13.2. The highest BCUT2D eigenvalue weighted by Gasteiger charge is 2.32. The van der Waals surface area contributed by atoms with E-state index in [0.29, 0.717) is 17.7 Å². The van der Waals surface area contributed by atoms with Gasteiger partial charge in [-0.05, 0) is 26.0 Å². The number of aliphatic hydroxyl groups excluding tert-OH is 1. The lowest BCUT2D eigenvalue weighted by Crippen LogP contribution is -2.56. The summed E-state index contributed by atoms with van der Waals surface area (Å²) < 4.78 is 19.6.